The van der Waals surface area contributed by atoms with Gasteiger partial charge in [0.05, 0.1) is 0 Å². The van der Waals surface area contributed by atoms with Gasteiger partial charge in [-0.05, 0) is 44.3 Å². The van der Waals surface area contributed by atoms with Crippen molar-refractivity contribution in [3.63, 3.8) is 0 Å². The normalized spacial score (nSPS) is 34.9. The van der Waals surface area contributed by atoms with Gasteiger partial charge < -0.3 is 4.90 Å². The molecule has 0 unspecified atom stereocenters. The van der Waals surface area contributed by atoms with E-state index < -0.39 is 0 Å². The molecule has 0 radical (unpaired) electrons. The Labute approximate surface area is 122 Å². The summed E-state index contributed by atoms with van der Waals surface area (Å²) < 4.78 is 0. The van der Waals surface area contributed by atoms with E-state index >= 15 is 0 Å². The van der Waals surface area contributed by atoms with Gasteiger partial charge in [0.1, 0.15) is 5.78 Å². The van der Waals surface area contributed by atoms with Crippen molar-refractivity contribution in [3.05, 3.63) is 35.4 Å². The van der Waals surface area contributed by atoms with Crippen molar-refractivity contribution in [2.24, 2.45) is 5.41 Å². The van der Waals surface area contributed by atoms with E-state index in [9.17, 15) is 4.79 Å². The zero-order valence-corrected chi connectivity index (χ0v) is 12.9. The van der Waals surface area contributed by atoms with E-state index in [1.165, 1.54) is 11.1 Å². The van der Waals surface area contributed by atoms with Crippen molar-refractivity contribution in [3.8, 4) is 0 Å². The molecule has 2 aliphatic rings. The molecule has 1 aliphatic carbocycles. The van der Waals surface area contributed by atoms with Gasteiger partial charge in [-0.25, -0.2) is 0 Å². The summed E-state index contributed by atoms with van der Waals surface area (Å²) in [5.41, 5.74) is 2.97. The van der Waals surface area contributed by atoms with E-state index in [1.54, 1.807) is 0 Å². The number of hydrogen-bond acceptors (Lipinski definition) is 2. The van der Waals surface area contributed by atoms with Crippen LogP contribution in [-0.4, -0.2) is 30.8 Å². The molecule has 1 aromatic rings. The number of likely N-dealkylation sites (tertiary alicyclic amines) is 1. The highest BCUT2D eigenvalue weighted by molar-refractivity contribution is 5.81. The monoisotopic (exact) mass is 271 g/mol. The molecule has 2 atom stereocenters. The summed E-state index contributed by atoms with van der Waals surface area (Å²) >= 11 is 0. The Balaban J connectivity index is 2.11. The molecular weight excluding hydrogens is 246 g/mol. The number of benzene rings is 1. The number of piperidine rings is 1. The summed E-state index contributed by atoms with van der Waals surface area (Å²) in [6.45, 7) is 6.75. The number of fused-ring (bicyclic) bond motifs is 1. The minimum absolute atomic E-state index is 0.0564. The molecule has 0 amide bonds. The first-order chi connectivity index (χ1) is 9.45. The van der Waals surface area contributed by atoms with Crippen LogP contribution in [0.4, 0.5) is 0 Å². The zero-order valence-electron chi connectivity index (χ0n) is 12.9. The van der Waals surface area contributed by atoms with Gasteiger partial charge in [0.25, 0.3) is 0 Å². The summed E-state index contributed by atoms with van der Waals surface area (Å²) in [6.07, 6.45) is 3.64. The maximum atomic E-state index is 12.2. The summed E-state index contributed by atoms with van der Waals surface area (Å²) in [5, 5.41) is 0. The molecule has 1 aromatic carbocycles. The SMILES string of the molecule is Cc1cccc([C@@]23CCN(C)C[C@@]2(C)CCC(=O)C3)c1. The molecule has 0 bridgehead atoms. The first-order valence-electron chi connectivity index (χ1n) is 7.73. The molecule has 3 rings (SSSR count). The molecule has 2 nitrogen and oxygen atoms in total. The zero-order chi connectivity index (χ0) is 14.4. The van der Waals surface area contributed by atoms with Gasteiger partial charge in [0, 0.05) is 24.8 Å². The summed E-state index contributed by atoms with van der Waals surface area (Å²) in [7, 11) is 2.21. The lowest BCUT2D eigenvalue weighted by atomic mass is 9.51. The van der Waals surface area contributed by atoms with Crippen LogP contribution < -0.4 is 0 Å². The van der Waals surface area contributed by atoms with Gasteiger partial charge in [-0.3, -0.25) is 4.79 Å². The second kappa shape index (κ2) is 4.70. The van der Waals surface area contributed by atoms with E-state index in [0.29, 0.717) is 5.78 Å². The fourth-order valence-electron chi connectivity index (χ4n) is 4.51. The standard InChI is InChI=1S/C18H25NO/c1-14-5-4-6-15(11-14)18-9-10-19(3)13-17(18,2)8-7-16(20)12-18/h4-6,11H,7-10,12-13H2,1-3H3/t17-,18+/m1/s1. The van der Waals surface area contributed by atoms with E-state index in [-0.39, 0.29) is 10.8 Å². The average molecular weight is 271 g/mol. The topological polar surface area (TPSA) is 20.3 Å². The number of carbonyl (C=O) groups is 1. The Hall–Kier alpha value is -1.15. The number of Topliss-reactive ketones (excluding diaryl/α,β-unsaturated/α-hetero) is 1. The number of aryl methyl sites for hydroxylation is 1. The highest BCUT2D eigenvalue weighted by Gasteiger charge is 2.54. The highest BCUT2D eigenvalue weighted by Crippen LogP contribution is 2.55. The molecule has 2 heteroatoms. The maximum Gasteiger partial charge on any atom is 0.133 e. The summed E-state index contributed by atoms with van der Waals surface area (Å²) in [4.78, 5) is 14.6. The van der Waals surface area contributed by atoms with Gasteiger partial charge in [-0.15, -0.1) is 0 Å². The van der Waals surface area contributed by atoms with E-state index in [1.807, 2.05) is 0 Å². The van der Waals surface area contributed by atoms with Crippen LogP contribution in [0.2, 0.25) is 0 Å². The number of rotatable bonds is 1. The lowest BCUT2D eigenvalue weighted by Crippen LogP contribution is -2.58. The largest absolute Gasteiger partial charge is 0.306 e. The lowest BCUT2D eigenvalue weighted by molar-refractivity contribution is -0.129. The van der Waals surface area contributed by atoms with Crippen molar-refractivity contribution in [2.75, 3.05) is 20.1 Å². The van der Waals surface area contributed by atoms with Gasteiger partial charge in [-0.2, -0.15) is 0 Å². The molecule has 0 N–H and O–H groups in total. The third-order valence-corrected chi connectivity index (χ3v) is 5.72. The quantitative estimate of drug-likeness (QED) is 0.781. The van der Waals surface area contributed by atoms with Crippen LogP contribution in [0.3, 0.4) is 0 Å². The second-order valence-electron chi connectivity index (χ2n) is 7.22. The van der Waals surface area contributed by atoms with Crippen molar-refractivity contribution >= 4 is 5.78 Å². The Morgan fingerprint density at radius 1 is 1.25 bits per heavy atom. The second-order valence-corrected chi connectivity index (χ2v) is 7.22. The first-order valence-corrected chi connectivity index (χ1v) is 7.73. The smallest absolute Gasteiger partial charge is 0.133 e. The van der Waals surface area contributed by atoms with Gasteiger partial charge in [-0.1, -0.05) is 36.8 Å². The van der Waals surface area contributed by atoms with Crippen molar-refractivity contribution in [1.29, 1.82) is 0 Å². The van der Waals surface area contributed by atoms with E-state index in [0.717, 1.165) is 38.8 Å². The van der Waals surface area contributed by atoms with Crippen molar-refractivity contribution in [2.45, 2.75) is 44.9 Å². The molecule has 0 spiro atoms. The number of carbonyl (C=O) groups excluding carboxylic acids is 1. The summed E-state index contributed by atoms with van der Waals surface area (Å²) in [5.74, 6) is 0.452. The van der Waals surface area contributed by atoms with Crippen molar-refractivity contribution in [1.82, 2.24) is 4.90 Å². The molecule has 2 fully saturated rings. The minimum Gasteiger partial charge on any atom is -0.306 e. The molecule has 1 saturated carbocycles. The number of nitrogens with zero attached hydrogens (tertiary/aromatic N) is 1. The van der Waals surface area contributed by atoms with Crippen LogP contribution in [-0.2, 0) is 10.2 Å². The Morgan fingerprint density at radius 2 is 2.05 bits per heavy atom. The predicted octanol–water partition coefficient (Wildman–Crippen LogP) is 3.33. The van der Waals surface area contributed by atoms with Crippen LogP contribution in [0.15, 0.2) is 24.3 Å². The third-order valence-electron chi connectivity index (χ3n) is 5.72. The third kappa shape index (κ3) is 2.01. The Kier molecular flexibility index (Phi) is 3.24. The molecule has 1 aliphatic heterocycles. The van der Waals surface area contributed by atoms with Gasteiger partial charge >= 0.3 is 0 Å². The fourth-order valence-corrected chi connectivity index (χ4v) is 4.51. The average Bonchev–Trinajstić information content (AvgIpc) is 2.39. The van der Waals surface area contributed by atoms with Crippen LogP contribution >= 0.6 is 0 Å². The van der Waals surface area contributed by atoms with Crippen LogP contribution in [0.5, 0.6) is 0 Å². The first kappa shape index (κ1) is 13.8. The van der Waals surface area contributed by atoms with Crippen LogP contribution in [0.1, 0.15) is 43.7 Å². The van der Waals surface area contributed by atoms with E-state index in [4.69, 9.17) is 0 Å². The van der Waals surface area contributed by atoms with Crippen LogP contribution in [0, 0.1) is 12.3 Å². The Morgan fingerprint density at radius 3 is 2.80 bits per heavy atom. The molecule has 108 valence electrons. The minimum atomic E-state index is 0.0564. The Bertz CT molecular complexity index is 538. The van der Waals surface area contributed by atoms with E-state index in [2.05, 4.69) is 50.1 Å². The highest BCUT2D eigenvalue weighted by atomic mass is 16.1. The molecule has 20 heavy (non-hydrogen) atoms. The van der Waals surface area contributed by atoms with Crippen LogP contribution in [0.25, 0.3) is 0 Å². The molecule has 0 aromatic heterocycles. The number of ketones is 1. The fraction of sp³-hybridized carbons (Fsp3) is 0.611. The lowest BCUT2D eigenvalue weighted by Gasteiger charge is -2.57. The molecule has 1 saturated heterocycles. The summed E-state index contributed by atoms with van der Waals surface area (Å²) in [6, 6.07) is 8.85. The van der Waals surface area contributed by atoms with Gasteiger partial charge in [0.2, 0.25) is 0 Å². The molecule has 1 heterocycles. The van der Waals surface area contributed by atoms with Gasteiger partial charge in [0.15, 0.2) is 0 Å². The molecular formula is C18H25NO. The van der Waals surface area contributed by atoms with Crippen molar-refractivity contribution < 1.29 is 4.79 Å². The maximum absolute atomic E-state index is 12.2. The predicted molar refractivity (Wildman–Crippen MR) is 81.9 cm³/mol. The number of hydrogen-bond donors (Lipinski definition) is 0.